The molecule has 2 rings (SSSR count). The van der Waals surface area contributed by atoms with Gasteiger partial charge >= 0.3 is 0 Å². The molecule has 2 aromatic carbocycles. The van der Waals surface area contributed by atoms with E-state index in [1.807, 2.05) is 0 Å². The van der Waals surface area contributed by atoms with Gasteiger partial charge in [-0.05, 0) is 54.7 Å². The minimum atomic E-state index is -1.89. The van der Waals surface area contributed by atoms with Crippen LogP contribution in [0.15, 0.2) is 48.5 Å². The van der Waals surface area contributed by atoms with Crippen LogP contribution in [0.4, 0.5) is 11.4 Å². The topological polar surface area (TPSA) is 82.3 Å². The number of rotatable bonds is 5. The zero-order chi connectivity index (χ0) is 21.6. The van der Waals surface area contributed by atoms with Crippen LogP contribution in [0.1, 0.15) is 17.3 Å². The maximum atomic E-state index is 12.4. The summed E-state index contributed by atoms with van der Waals surface area (Å²) >= 11 is 29.1. The van der Waals surface area contributed by atoms with Crippen LogP contribution >= 0.6 is 58.6 Å². The molecule has 0 fully saturated rings. The number of benzene rings is 2. The minimum Gasteiger partial charge on any atom is -0.339 e. The quantitative estimate of drug-likeness (QED) is 0.275. The van der Waals surface area contributed by atoms with Gasteiger partial charge in [0, 0.05) is 28.9 Å². The average Bonchev–Trinajstić information content (AvgIpc) is 2.61. The zero-order valence-corrected chi connectivity index (χ0v) is 18.8. The summed E-state index contributed by atoms with van der Waals surface area (Å²) in [6, 6.07) is 13.1. The third-order valence-electron chi connectivity index (χ3n) is 3.43. The molecular formula is C18H16Cl4N4O2S. The van der Waals surface area contributed by atoms with E-state index in [2.05, 4.69) is 21.3 Å². The molecule has 0 bridgehead atoms. The second-order valence-corrected chi connectivity index (χ2v) is 9.03. The summed E-state index contributed by atoms with van der Waals surface area (Å²) in [5, 5.41) is 11.4. The van der Waals surface area contributed by atoms with Crippen LogP contribution in [0.3, 0.4) is 0 Å². The van der Waals surface area contributed by atoms with E-state index in [1.54, 1.807) is 42.5 Å². The fourth-order valence-electron chi connectivity index (χ4n) is 2.18. The number of carbonyl (C=O) groups is 2. The number of halogens is 4. The van der Waals surface area contributed by atoms with Crippen molar-refractivity contribution < 1.29 is 9.59 Å². The average molecular weight is 494 g/mol. The number of hydrogen-bond acceptors (Lipinski definition) is 3. The summed E-state index contributed by atoms with van der Waals surface area (Å²) in [4.78, 5) is 23.5. The van der Waals surface area contributed by atoms with Crippen molar-refractivity contribution in [1.29, 1.82) is 0 Å². The standard InChI is InChI=1S/C18H16Cl4N4O2S/c1-10(27)23-13-5-7-14(8-6-13)24-17(29)26-16(18(20,21)22)25-15(28)11-3-2-4-12(19)9-11/h2-9,16H,1H3,(H,23,27)(H,25,28)(H2,24,26,29)/t16-/m0/s1. The Morgan fingerprint density at radius 1 is 0.966 bits per heavy atom. The predicted octanol–water partition coefficient (Wildman–Crippen LogP) is 4.71. The van der Waals surface area contributed by atoms with E-state index in [0.717, 1.165) is 0 Å². The molecule has 2 aromatic rings. The number of thiocarbonyl (C=S) groups is 1. The maximum Gasteiger partial charge on any atom is 0.253 e. The molecule has 0 radical (unpaired) electrons. The summed E-state index contributed by atoms with van der Waals surface area (Å²) in [6.45, 7) is 1.42. The number of nitrogens with one attached hydrogen (secondary N) is 4. The molecule has 0 saturated carbocycles. The Bertz CT molecular complexity index is 903. The van der Waals surface area contributed by atoms with Crippen molar-refractivity contribution >= 4 is 86.9 Å². The maximum absolute atomic E-state index is 12.4. The summed E-state index contributed by atoms with van der Waals surface area (Å²) in [6.07, 6.45) is -1.13. The van der Waals surface area contributed by atoms with Gasteiger partial charge in [0.15, 0.2) is 5.11 Å². The van der Waals surface area contributed by atoms with E-state index in [9.17, 15) is 9.59 Å². The van der Waals surface area contributed by atoms with Crippen LogP contribution in [0.2, 0.25) is 5.02 Å². The van der Waals surface area contributed by atoms with Gasteiger partial charge in [0.2, 0.25) is 9.70 Å². The van der Waals surface area contributed by atoms with Gasteiger partial charge in [0.1, 0.15) is 6.17 Å². The van der Waals surface area contributed by atoms with Crippen molar-refractivity contribution in [2.75, 3.05) is 10.6 Å². The number of anilines is 2. The largest absolute Gasteiger partial charge is 0.339 e. The van der Waals surface area contributed by atoms with E-state index in [1.165, 1.54) is 13.0 Å². The molecule has 0 heterocycles. The summed E-state index contributed by atoms with van der Waals surface area (Å²) in [7, 11) is 0. The lowest BCUT2D eigenvalue weighted by molar-refractivity contribution is -0.114. The molecule has 0 aliphatic rings. The van der Waals surface area contributed by atoms with Gasteiger partial charge in [-0.2, -0.15) is 0 Å². The SMILES string of the molecule is CC(=O)Nc1ccc(NC(=S)N[C@H](NC(=O)c2cccc(Cl)c2)C(Cl)(Cl)Cl)cc1. The third-order valence-corrected chi connectivity index (χ3v) is 4.54. The first-order valence-corrected chi connectivity index (χ1v) is 10.0. The van der Waals surface area contributed by atoms with Crippen LogP contribution < -0.4 is 21.3 Å². The molecule has 0 saturated heterocycles. The van der Waals surface area contributed by atoms with Gasteiger partial charge in [0.05, 0.1) is 0 Å². The van der Waals surface area contributed by atoms with E-state index >= 15 is 0 Å². The monoisotopic (exact) mass is 492 g/mol. The van der Waals surface area contributed by atoms with Crippen molar-refractivity contribution in [3.8, 4) is 0 Å². The highest BCUT2D eigenvalue weighted by molar-refractivity contribution is 7.80. The Morgan fingerprint density at radius 2 is 1.55 bits per heavy atom. The summed E-state index contributed by atoms with van der Waals surface area (Å²) in [5.74, 6) is -0.678. The lowest BCUT2D eigenvalue weighted by Crippen LogP contribution is -2.56. The van der Waals surface area contributed by atoms with Gasteiger partial charge in [-0.25, -0.2) is 0 Å². The van der Waals surface area contributed by atoms with Crippen LogP contribution in [-0.4, -0.2) is 26.9 Å². The molecule has 0 unspecified atom stereocenters. The van der Waals surface area contributed by atoms with Crippen molar-refractivity contribution in [3.05, 3.63) is 59.1 Å². The Labute approximate surface area is 193 Å². The van der Waals surface area contributed by atoms with Gasteiger partial charge < -0.3 is 21.3 Å². The number of carbonyl (C=O) groups excluding carboxylic acids is 2. The molecule has 0 spiro atoms. The molecule has 2 amide bonds. The number of amides is 2. The smallest absolute Gasteiger partial charge is 0.253 e. The predicted molar refractivity (Wildman–Crippen MR) is 123 cm³/mol. The molecule has 6 nitrogen and oxygen atoms in total. The Morgan fingerprint density at radius 3 is 2.07 bits per heavy atom. The summed E-state index contributed by atoms with van der Waals surface area (Å²) < 4.78 is -1.89. The zero-order valence-electron chi connectivity index (χ0n) is 14.9. The minimum absolute atomic E-state index is 0.111. The van der Waals surface area contributed by atoms with Gasteiger partial charge in [-0.3, -0.25) is 9.59 Å². The molecule has 0 aliphatic heterocycles. The first-order chi connectivity index (χ1) is 13.5. The first kappa shape index (κ1) is 23.5. The van der Waals surface area contributed by atoms with Crippen molar-refractivity contribution in [2.45, 2.75) is 16.9 Å². The van der Waals surface area contributed by atoms with Crippen molar-refractivity contribution in [3.63, 3.8) is 0 Å². The molecule has 1 atom stereocenters. The second-order valence-electron chi connectivity index (χ2n) is 5.82. The van der Waals surface area contributed by atoms with E-state index in [4.69, 9.17) is 58.6 Å². The number of alkyl halides is 3. The lowest BCUT2D eigenvalue weighted by Gasteiger charge is -2.27. The second kappa shape index (κ2) is 10.3. The van der Waals surface area contributed by atoms with Crippen molar-refractivity contribution in [1.82, 2.24) is 10.6 Å². The van der Waals surface area contributed by atoms with E-state index < -0.39 is 15.9 Å². The molecule has 0 aliphatic carbocycles. The van der Waals surface area contributed by atoms with Crippen LogP contribution in [0.5, 0.6) is 0 Å². The highest BCUT2D eigenvalue weighted by Gasteiger charge is 2.35. The van der Waals surface area contributed by atoms with Crippen LogP contribution in [-0.2, 0) is 4.79 Å². The third kappa shape index (κ3) is 7.87. The van der Waals surface area contributed by atoms with Gasteiger partial charge in [-0.15, -0.1) is 0 Å². The van der Waals surface area contributed by atoms with Gasteiger partial charge in [0.25, 0.3) is 5.91 Å². The molecule has 29 heavy (non-hydrogen) atoms. The van der Waals surface area contributed by atoms with Crippen LogP contribution in [0.25, 0.3) is 0 Å². The van der Waals surface area contributed by atoms with Crippen LogP contribution in [0, 0.1) is 0 Å². The molecular weight excluding hydrogens is 478 g/mol. The lowest BCUT2D eigenvalue weighted by atomic mass is 10.2. The number of hydrogen-bond donors (Lipinski definition) is 4. The normalized spacial score (nSPS) is 11.9. The van der Waals surface area contributed by atoms with Crippen molar-refractivity contribution in [2.24, 2.45) is 0 Å². The Kier molecular flexibility index (Phi) is 8.36. The highest BCUT2D eigenvalue weighted by Crippen LogP contribution is 2.29. The Hall–Kier alpha value is -1.77. The first-order valence-electron chi connectivity index (χ1n) is 8.13. The van der Waals surface area contributed by atoms with Gasteiger partial charge in [-0.1, -0.05) is 52.5 Å². The van der Waals surface area contributed by atoms with E-state index in [-0.39, 0.29) is 11.0 Å². The fraction of sp³-hybridized carbons (Fsp3) is 0.167. The fourth-order valence-corrected chi connectivity index (χ4v) is 2.94. The highest BCUT2D eigenvalue weighted by atomic mass is 35.6. The molecule has 4 N–H and O–H groups in total. The molecule has 0 aromatic heterocycles. The molecule has 154 valence electrons. The molecule has 11 heteroatoms. The summed E-state index contributed by atoms with van der Waals surface area (Å²) in [5.41, 5.74) is 1.56. The van der Waals surface area contributed by atoms with E-state index in [0.29, 0.717) is 22.0 Å². The Balaban J connectivity index is 2.03.